The van der Waals surface area contributed by atoms with Crippen molar-refractivity contribution in [3.8, 4) is 0 Å². The molecule has 88 valence electrons. The molecule has 1 rings (SSSR count). The Morgan fingerprint density at radius 1 is 1.40 bits per heavy atom. The number of rotatable bonds is 6. The Balaban J connectivity index is 2.57. The van der Waals surface area contributed by atoms with Gasteiger partial charge in [-0.1, -0.05) is 20.3 Å². The molecule has 0 aromatic heterocycles. The van der Waals surface area contributed by atoms with Gasteiger partial charge in [-0.25, -0.2) is 0 Å². The largest absolute Gasteiger partial charge is 0.395 e. The van der Waals surface area contributed by atoms with Crippen LogP contribution in [0.25, 0.3) is 0 Å². The summed E-state index contributed by atoms with van der Waals surface area (Å²) in [7, 11) is 0. The number of aliphatic hydroxyl groups excluding tert-OH is 1. The van der Waals surface area contributed by atoms with Crippen molar-refractivity contribution < 1.29 is 9.90 Å². The average molecular weight is 213 g/mol. The minimum Gasteiger partial charge on any atom is -0.395 e. The van der Waals surface area contributed by atoms with Gasteiger partial charge in [0.15, 0.2) is 0 Å². The molecule has 0 spiro atoms. The lowest BCUT2D eigenvalue weighted by Crippen LogP contribution is -2.46. The summed E-state index contributed by atoms with van der Waals surface area (Å²) in [5.74, 6) is 0.515. The third-order valence-corrected chi connectivity index (χ3v) is 3.46. The van der Waals surface area contributed by atoms with Gasteiger partial charge in [-0.3, -0.25) is 4.79 Å². The molecular formula is C12H23NO2. The lowest BCUT2D eigenvalue weighted by molar-refractivity contribution is -0.141. The zero-order valence-corrected chi connectivity index (χ0v) is 9.91. The van der Waals surface area contributed by atoms with E-state index in [9.17, 15) is 4.79 Å². The minimum atomic E-state index is 0.0783. The van der Waals surface area contributed by atoms with Crippen LogP contribution in [0.2, 0.25) is 0 Å². The van der Waals surface area contributed by atoms with Gasteiger partial charge in [0.05, 0.1) is 6.61 Å². The van der Waals surface area contributed by atoms with Crippen LogP contribution >= 0.6 is 0 Å². The summed E-state index contributed by atoms with van der Waals surface area (Å²) in [5.41, 5.74) is 0. The van der Waals surface area contributed by atoms with E-state index in [1.165, 1.54) is 6.42 Å². The first-order chi connectivity index (χ1) is 7.24. The first kappa shape index (κ1) is 12.5. The normalized spacial score (nSPS) is 16.5. The summed E-state index contributed by atoms with van der Waals surface area (Å²) in [6.07, 6.45) is 5.23. The molecule has 1 fully saturated rings. The predicted octanol–water partition coefficient (Wildman–Crippen LogP) is 1.80. The van der Waals surface area contributed by atoms with Gasteiger partial charge in [0.25, 0.3) is 0 Å². The maximum absolute atomic E-state index is 12.1. The summed E-state index contributed by atoms with van der Waals surface area (Å²) in [4.78, 5) is 14.0. The molecule has 0 bridgehead atoms. The van der Waals surface area contributed by atoms with Gasteiger partial charge in [-0.05, 0) is 25.7 Å². The van der Waals surface area contributed by atoms with E-state index < -0.39 is 0 Å². The lowest BCUT2D eigenvalue weighted by Gasteiger charge is -2.36. The Bertz CT molecular complexity index is 198. The molecule has 1 saturated carbocycles. The molecule has 1 aliphatic rings. The molecule has 0 aromatic carbocycles. The molecule has 1 amide bonds. The molecule has 3 nitrogen and oxygen atoms in total. The van der Waals surface area contributed by atoms with E-state index in [-0.39, 0.29) is 18.4 Å². The van der Waals surface area contributed by atoms with Crippen LogP contribution in [0.4, 0.5) is 0 Å². The van der Waals surface area contributed by atoms with Crippen molar-refractivity contribution in [3.63, 3.8) is 0 Å². The summed E-state index contributed by atoms with van der Waals surface area (Å²) < 4.78 is 0. The zero-order valence-electron chi connectivity index (χ0n) is 9.91. The Labute approximate surface area is 92.5 Å². The quantitative estimate of drug-likeness (QED) is 0.731. The highest BCUT2D eigenvalue weighted by Gasteiger charge is 2.31. The molecule has 15 heavy (non-hydrogen) atoms. The van der Waals surface area contributed by atoms with Crippen molar-refractivity contribution in [2.24, 2.45) is 5.92 Å². The fourth-order valence-electron chi connectivity index (χ4n) is 2.20. The van der Waals surface area contributed by atoms with Crippen molar-refractivity contribution in [3.05, 3.63) is 0 Å². The monoisotopic (exact) mass is 213 g/mol. The molecule has 0 heterocycles. The topological polar surface area (TPSA) is 40.5 Å². The van der Waals surface area contributed by atoms with E-state index in [2.05, 4.69) is 13.8 Å². The van der Waals surface area contributed by atoms with E-state index >= 15 is 0 Å². The van der Waals surface area contributed by atoms with Crippen LogP contribution in [0, 0.1) is 5.92 Å². The Hall–Kier alpha value is -0.570. The highest BCUT2D eigenvalue weighted by Crippen LogP contribution is 2.29. The van der Waals surface area contributed by atoms with Crippen LogP contribution in [-0.4, -0.2) is 35.1 Å². The van der Waals surface area contributed by atoms with Gasteiger partial charge < -0.3 is 10.0 Å². The highest BCUT2D eigenvalue weighted by atomic mass is 16.3. The van der Waals surface area contributed by atoms with Crippen molar-refractivity contribution in [1.82, 2.24) is 4.90 Å². The predicted molar refractivity (Wildman–Crippen MR) is 60.5 cm³/mol. The standard InChI is InChI=1S/C12H23NO2/c1-3-11(4-2)13(8-9-14)12(15)10-6-5-7-10/h10-11,14H,3-9H2,1-2H3. The molecule has 1 aliphatic carbocycles. The van der Waals surface area contributed by atoms with Crippen molar-refractivity contribution in [2.75, 3.05) is 13.2 Å². The summed E-state index contributed by atoms with van der Waals surface area (Å²) in [5, 5.41) is 9.00. The van der Waals surface area contributed by atoms with Crippen LogP contribution in [0.1, 0.15) is 46.0 Å². The Morgan fingerprint density at radius 3 is 2.33 bits per heavy atom. The van der Waals surface area contributed by atoms with E-state index in [0.29, 0.717) is 12.6 Å². The number of nitrogens with zero attached hydrogens (tertiary/aromatic N) is 1. The fourth-order valence-corrected chi connectivity index (χ4v) is 2.20. The Morgan fingerprint density at radius 2 is 2.00 bits per heavy atom. The van der Waals surface area contributed by atoms with E-state index in [0.717, 1.165) is 25.7 Å². The molecule has 0 atom stereocenters. The van der Waals surface area contributed by atoms with Crippen molar-refractivity contribution >= 4 is 5.91 Å². The van der Waals surface area contributed by atoms with Gasteiger partial charge >= 0.3 is 0 Å². The van der Waals surface area contributed by atoms with Crippen molar-refractivity contribution in [1.29, 1.82) is 0 Å². The first-order valence-corrected chi connectivity index (χ1v) is 6.15. The zero-order chi connectivity index (χ0) is 11.3. The summed E-state index contributed by atoms with van der Waals surface area (Å²) >= 11 is 0. The van der Waals surface area contributed by atoms with E-state index in [1.807, 2.05) is 4.90 Å². The van der Waals surface area contributed by atoms with Crippen LogP contribution < -0.4 is 0 Å². The molecule has 1 N–H and O–H groups in total. The third kappa shape index (κ3) is 2.94. The summed E-state index contributed by atoms with van der Waals surface area (Å²) in [6.45, 7) is 4.79. The first-order valence-electron chi connectivity index (χ1n) is 6.15. The molecule has 0 radical (unpaired) electrons. The van der Waals surface area contributed by atoms with Crippen LogP contribution in [0.3, 0.4) is 0 Å². The highest BCUT2D eigenvalue weighted by molar-refractivity contribution is 5.79. The molecule has 3 heteroatoms. The lowest BCUT2D eigenvalue weighted by atomic mass is 9.84. The second-order valence-electron chi connectivity index (χ2n) is 4.35. The number of hydrogen-bond donors (Lipinski definition) is 1. The smallest absolute Gasteiger partial charge is 0.226 e. The third-order valence-electron chi connectivity index (χ3n) is 3.46. The van der Waals surface area contributed by atoms with Crippen LogP contribution in [0.5, 0.6) is 0 Å². The number of carbonyl (C=O) groups is 1. The summed E-state index contributed by atoms with van der Waals surface area (Å²) in [6, 6.07) is 0.310. The van der Waals surface area contributed by atoms with Crippen molar-refractivity contribution in [2.45, 2.75) is 52.0 Å². The number of aliphatic hydroxyl groups is 1. The Kier molecular flexibility index (Phi) is 5.09. The van der Waals surface area contributed by atoms with E-state index in [4.69, 9.17) is 5.11 Å². The molecule has 0 aliphatic heterocycles. The maximum atomic E-state index is 12.1. The average Bonchev–Trinajstić information content (AvgIpc) is 2.15. The van der Waals surface area contributed by atoms with Gasteiger partial charge in [0.1, 0.15) is 0 Å². The van der Waals surface area contributed by atoms with Gasteiger partial charge in [0.2, 0.25) is 5.91 Å². The number of amides is 1. The fraction of sp³-hybridized carbons (Fsp3) is 0.917. The second-order valence-corrected chi connectivity index (χ2v) is 4.35. The van der Waals surface area contributed by atoms with Crippen LogP contribution in [-0.2, 0) is 4.79 Å². The second kappa shape index (κ2) is 6.11. The van der Waals surface area contributed by atoms with Gasteiger partial charge in [-0.2, -0.15) is 0 Å². The van der Waals surface area contributed by atoms with E-state index in [1.54, 1.807) is 0 Å². The molecule has 0 unspecified atom stereocenters. The molecule has 0 saturated heterocycles. The molecular weight excluding hydrogens is 190 g/mol. The van der Waals surface area contributed by atoms with Gasteiger partial charge in [-0.15, -0.1) is 0 Å². The maximum Gasteiger partial charge on any atom is 0.226 e. The minimum absolute atomic E-state index is 0.0783. The molecule has 0 aromatic rings. The number of carbonyl (C=O) groups excluding carboxylic acids is 1. The van der Waals surface area contributed by atoms with Gasteiger partial charge in [0, 0.05) is 18.5 Å². The SMILES string of the molecule is CCC(CC)N(CCO)C(=O)C1CCC1. The number of hydrogen-bond acceptors (Lipinski definition) is 2. The van der Waals surface area contributed by atoms with Crippen LogP contribution in [0.15, 0.2) is 0 Å².